The number of rotatable bonds is 8. The van der Waals surface area contributed by atoms with Gasteiger partial charge in [0.25, 0.3) is 0 Å². The van der Waals surface area contributed by atoms with Crippen LogP contribution in [-0.2, 0) is 22.5 Å². The molecule has 3 aromatic rings. The monoisotopic (exact) mass is 442 g/mol. The van der Waals surface area contributed by atoms with E-state index in [-0.39, 0.29) is 22.4 Å². The van der Waals surface area contributed by atoms with Crippen LogP contribution in [0, 0.1) is 10.1 Å². The quantitative estimate of drug-likeness (QED) is 0.302. The van der Waals surface area contributed by atoms with Gasteiger partial charge in [0.15, 0.2) is 0 Å². The van der Waals surface area contributed by atoms with E-state index in [0.29, 0.717) is 6.61 Å². The molecule has 0 aliphatic carbocycles. The van der Waals surface area contributed by atoms with Gasteiger partial charge in [-0.25, -0.2) is 0 Å². The van der Waals surface area contributed by atoms with Gasteiger partial charge in [0.05, 0.1) is 16.5 Å². The number of thiophene rings is 1. The fourth-order valence-corrected chi connectivity index (χ4v) is 4.93. The number of carbonyl (C=O) groups is 1. The Balaban J connectivity index is 1.36. The molecule has 164 valence electrons. The van der Waals surface area contributed by atoms with E-state index < -0.39 is 0 Å². The predicted molar refractivity (Wildman–Crippen MR) is 122 cm³/mol. The van der Waals surface area contributed by atoms with Crippen LogP contribution in [0.2, 0.25) is 0 Å². The molecule has 2 aromatic heterocycles. The van der Waals surface area contributed by atoms with Crippen molar-refractivity contribution in [1.29, 1.82) is 0 Å². The minimum absolute atomic E-state index is 0.191. The third kappa shape index (κ3) is 4.88. The van der Waals surface area contributed by atoms with Gasteiger partial charge >= 0.3 is 11.0 Å². The number of fused-ring (bicyclic) bond motifs is 1. The van der Waals surface area contributed by atoms with Crippen molar-refractivity contribution in [2.45, 2.75) is 19.9 Å². The van der Waals surface area contributed by atoms with Gasteiger partial charge < -0.3 is 14.2 Å². The topological polar surface area (TPSA) is 80.8 Å². The highest BCUT2D eigenvalue weighted by Gasteiger charge is 2.21. The van der Waals surface area contributed by atoms with Gasteiger partial charge in [0.2, 0.25) is 0 Å². The summed E-state index contributed by atoms with van der Waals surface area (Å²) in [7, 11) is 0. The smallest absolute Gasteiger partial charge is 0.326 e. The fraction of sp³-hybridized carbons (Fsp3) is 0.409. The first-order chi connectivity index (χ1) is 15.0. The minimum Gasteiger partial charge on any atom is -0.465 e. The molecule has 1 aliphatic rings. The number of benzene rings is 1. The third-order valence-electron chi connectivity index (χ3n) is 5.61. The van der Waals surface area contributed by atoms with E-state index in [1.165, 1.54) is 22.3 Å². The first kappa shape index (κ1) is 21.3. The van der Waals surface area contributed by atoms with Crippen molar-refractivity contribution in [3.63, 3.8) is 0 Å². The molecule has 1 saturated heterocycles. The van der Waals surface area contributed by atoms with Gasteiger partial charge in [-0.1, -0.05) is 18.2 Å². The number of hydrogen-bond acceptors (Lipinski definition) is 7. The first-order valence-electron chi connectivity index (χ1n) is 10.5. The zero-order valence-electron chi connectivity index (χ0n) is 17.5. The van der Waals surface area contributed by atoms with Crippen molar-refractivity contribution in [2.75, 3.05) is 44.2 Å². The third-order valence-corrected chi connectivity index (χ3v) is 6.71. The maximum atomic E-state index is 12.0. The van der Waals surface area contributed by atoms with Crippen LogP contribution in [0.25, 0.3) is 10.9 Å². The van der Waals surface area contributed by atoms with Crippen LogP contribution in [0.3, 0.4) is 0 Å². The molecule has 1 aliphatic heterocycles. The molecule has 1 aromatic carbocycles. The van der Waals surface area contributed by atoms with Crippen LogP contribution < -0.4 is 4.90 Å². The normalized spacial score (nSPS) is 14.8. The highest BCUT2D eigenvalue weighted by Crippen LogP contribution is 2.32. The van der Waals surface area contributed by atoms with Crippen LogP contribution in [0.4, 0.5) is 10.0 Å². The Morgan fingerprint density at radius 3 is 2.65 bits per heavy atom. The van der Waals surface area contributed by atoms with Crippen LogP contribution in [0.5, 0.6) is 0 Å². The molecule has 0 atom stereocenters. The number of nitrogens with zero attached hydrogens (tertiary/aromatic N) is 4. The molecule has 0 radical (unpaired) electrons. The number of anilines is 1. The number of esters is 1. The van der Waals surface area contributed by atoms with Gasteiger partial charge in [0, 0.05) is 55.9 Å². The van der Waals surface area contributed by atoms with Crippen molar-refractivity contribution < 1.29 is 14.5 Å². The van der Waals surface area contributed by atoms with E-state index >= 15 is 0 Å². The van der Waals surface area contributed by atoms with Gasteiger partial charge in [0.1, 0.15) is 6.54 Å². The first-order valence-corrected chi connectivity index (χ1v) is 11.3. The Hall–Kier alpha value is -2.91. The number of piperazine rings is 1. The Bertz CT molecular complexity index is 1070. The maximum absolute atomic E-state index is 12.0. The lowest BCUT2D eigenvalue weighted by molar-refractivity contribution is -0.380. The Morgan fingerprint density at radius 2 is 1.94 bits per heavy atom. The van der Waals surface area contributed by atoms with Gasteiger partial charge in [-0.2, -0.15) is 0 Å². The summed E-state index contributed by atoms with van der Waals surface area (Å²) >= 11 is 1.24. The number of nitro groups is 1. The summed E-state index contributed by atoms with van der Waals surface area (Å²) in [5.74, 6) is -0.222. The van der Waals surface area contributed by atoms with Crippen molar-refractivity contribution in [1.82, 2.24) is 9.47 Å². The molecule has 0 N–H and O–H groups in total. The van der Waals surface area contributed by atoms with Crippen molar-refractivity contribution in [3.05, 3.63) is 58.3 Å². The second-order valence-corrected chi connectivity index (χ2v) is 8.59. The van der Waals surface area contributed by atoms with E-state index in [2.05, 4.69) is 22.1 Å². The average molecular weight is 443 g/mol. The average Bonchev–Trinajstić information content (AvgIpc) is 3.39. The van der Waals surface area contributed by atoms with Crippen molar-refractivity contribution >= 4 is 38.2 Å². The summed E-state index contributed by atoms with van der Waals surface area (Å²) in [6.45, 7) is 6.93. The summed E-state index contributed by atoms with van der Waals surface area (Å²) in [6, 6.07) is 11.6. The predicted octanol–water partition coefficient (Wildman–Crippen LogP) is 3.54. The zero-order valence-corrected chi connectivity index (χ0v) is 18.3. The summed E-state index contributed by atoms with van der Waals surface area (Å²) in [6.07, 6.45) is 2.98. The molecular weight excluding hydrogens is 416 g/mol. The number of hydrogen-bond donors (Lipinski definition) is 0. The molecule has 0 saturated carbocycles. The molecule has 8 nitrogen and oxygen atoms in total. The van der Waals surface area contributed by atoms with Gasteiger partial charge in [-0.05, 0) is 42.4 Å². The molecule has 1 fully saturated rings. The Kier molecular flexibility index (Phi) is 6.53. The molecule has 9 heteroatoms. The molecular formula is C22H26N4O4S. The van der Waals surface area contributed by atoms with Gasteiger partial charge in [-0.15, -0.1) is 0 Å². The number of ether oxygens (including phenoxy) is 1. The lowest BCUT2D eigenvalue weighted by atomic mass is 10.1. The standard InChI is InChI=1S/C22H26N4O4S/c1-2-30-22(27)16-25-15-17(18-5-3-4-6-19(18)25)9-10-23-11-13-24(14-12-23)20-7-8-21(31-20)26(28)29/h3-8,15H,2,9-14,16H2,1H3. The number of para-hydroxylation sites is 1. The van der Waals surface area contributed by atoms with E-state index in [1.54, 1.807) is 6.07 Å². The molecule has 3 heterocycles. The van der Waals surface area contributed by atoms with Gasteiger partial charge in [-0.3, -0.25) is 19.8 Å². The maximum Gasteiger partial charge on any atom is 0.326 e. The van der Waals surface area contributed by atoms with Crippen LogP contribution in [0.15, 0.2) is 42.6 Å². The van der Waals surface area contributed by atoms with Crippen molar-refractivity contribution in [3.8, 4) is 0 Å². The highest BCUT2D eigenvalue weighted by molar-refractivity contribution is 7.19. The molecule has 0 unspecified atom stereocenters. The van der Waals surface area contributed by atoms with Crippen LogP contribution in [0.1, 0.15) is 12.5 Å². The molecule has 0 amide bonds. The summed E-state index contributed by atoms with van der Waals surface area (Å²) < 4.78 is 7.09. The molecule has 31 heavy (non-hydrogen) atoms. The lowest BCUT2D eigenvalue weighted by Crippen LogP contribution is -2.46. The largest absolute Gasteiger partial charge is 0.465 e. The molecule has 0 bridgehead atoms. The second kappa shape index (κ2) is 9.49. The lowest BCUT2D eigenvalue weighted by Gasteiger charge is -2.35. The van der Waals surface area contributed by atoms with E-state index in [0.717, 1.165) is 49.7 Å². The summed E-state index contributed by atoms with van der Waals surface area (Å²) in [4.78, 5) is 27.2. The Labute approximate surface area is 184 Å². The number of aromatic nitrogens is 1. The second-order valence-electron chi connectivity index (χ2n) is 7.55. The van der Waals surface area contributed by atoms with Crippen molar-refractivity contribution in [2.24, 2.45) is 0 Å². The molecule has 4 rings (SSSR count). The number of carbonyl (C=O) groups excluding carboxylic acids is 1. The summed E-state index contributed by atoms with van der Waals surface area (Å²) in [5.41, 5.74) is 2.28. The fourth-order valence-electron chi connectivity index (χ4n) is 4.05. The van der Waals surface area contributed by atoms with E-state index in [9.17, 15) is 14.9 Å². The summed E-state index contributed by atoms with van der Waals surface area (Å²) in [5, 5.41) is 13.3. The van der Waals surface area contributed by atoms with E-state index in [1.807, 2.05) is 35.8 Å². The van der Waals surface area contributed by atoms with Crippen LogP contribution in [-0.4, -0.2) is 59.7 Å². The van der Waals surface area contributed by atoms with E-state index in [4.69, 9.17) is 4.74 Å². The SMILES string of the molecule is CCOC(=O)Cn1cc(CCN2CCN(c3ccc([N+](=O)[O-])s3)CC2)c2ccccc21. The highest BCUT2D eigenvalue weighted by atomic mass is 32.1. The minimum atomic E-state index is -0.331. The molecule has 0 spiro atoms. The zero-order chi connectivity index (χ0) is 21.8. The van der Waals surface area contributed by atoms with Crippen LogP contribution >= 0.6 is 11.3 Å². The Morgan fingerprint density at radius 1 is 1.16 bits per heavy atom.